The van der Waals surface area contributed by atoms with E-state index in [9.17, 15) is 5.11 Å². The van der Waals surface area contributed by atoms with Crippen LogP contribution in [-0.4, -0.2) is 86.4 Å². The highest BCUT2D eigenvalue weighted by molar-refractivity contribution is 5.84. The molecular weight excluding hydrogens is 324 g/mol. The van der Waals surface area contributed by atoms with Crippen molar-refractivity contribution in [3.8, 4) is 5.75 Å². The first-order valence-electron chi connectivity index (χ1n) is 9.75. The van der Waals surface area contributed by atoms with Crippen LogP contribution in [0, 0.1) is 6.92 Å². The van der Waals surface area contributed by atoms with Gasteiger partial charge in [0.2, 0.25) is 0 Å². The van der Waals surface area contributed by atoms with Gasteiger partial charge >= 0.3 is 0 Å². The number of nitrogens with zero attached hydrogens (tertiary/aromatic N) is 4. The molecule has 0 aliphatic rings. The first-order valence-corrected chi connectivity index (χ1v) is 9.75. The third-order valence-electron chi connectivity index (χ3n) is 4.62. The van der Waals surface area contributed by atoms with E-state index in [1.165, 1.54) is 0 Å². The Hall–Kier alpha value is -1.43. The monoisotopic (exact) mass is 362 g/mol. The molecule has 1 aromatic carbocycles. The van der Waals surface area contributed by atoms with Crippen molar-refractivity contribution < 1.29 is 5.11 Å². The summed E-state index contributed by atoms with van der Waals surface area (Å²) >= 11 is 0. The number of aromatic hydroxyl groups is 1. The Morgan fingerprint density at radius 2 is 1.73 bits per heavy atom. The Balaban J connectivity index is 2.68. The van der Waals surface area contributed by atoms with Crippen molar-refractivity contribution in [2.45, 2.75) is 33.7 Å². The van der Waals surface area contributed by atoms with Crippen molar-refractivity contribution in [3.63, 3.8) is 0 Å². The zero-order valence-electron chi connectivity index (χ0n) is 17.6. The van der Waals surface area contributed by atoms with Gasteiger partial charge in [-0.3, -0.25) is 4.99 Å². The Kier molecular flexibility index (Phi) is 10.5. The number of hydrogen-bond acceptors (Lipinski definition) is 5. The minimum atomic E-state index is 0.363. The van der Waals surface area contributed by atoms with Crippen molar-refractivity contribution in [1.29, 1.82) is 0 Å². The van der Waals surface area contributed by atoms with Gasteiger partial charge in [0.25, 0.3) is 0 Å². The molecule has 0 unspecified atom stereocenters. The number of phenols is 1. The topological polar surface area (TPSA) is 42.3 Å². The van der Waals surface area contributed by atoms with E-state index in [2.05, 4.69) is 67.7 Å². The van der Waals surface area contributed by atoms with Crippen molar-refractivity contribution >= 4 is 6.21 Å². The largest absolute Gasteiger partial charge is 0.507 e. The van der Waals surface area contributed by atoms with E-state index >= 15 is 0 Å². The second-order valence-corrected chi connectivity index (χ2v) is 7.32. The fourth-order valence-corrected chi connectivity index (χ4v) is 2.97. The van der Waals surface area contributed by atoms with E-state index in [4.69, 9.17) is 0 Å². The molecule has 0 aliphatic heterocycles. The lowest BCUT2D eigenvalue weighted by molar-refractivity contribution is 0.235. The predicted molar refractivity (Wildman–Crippen MR) is 113 cm³/mol. The Morgan fingerprint density at radius 3 is 2.35 bits per heavy atom. The highest BCUT2D eigenvalue weighted by Gasteiger charge is 2.10. The van der Waals surface area contributed by atoms with Crippen LogP contribution in [0.15, 0.2) is 17.1 Å². The minimum Gasteiger partial charge on any atom is -0.507 e. The highest BCUT2D eigenvalue weighted by Crippen LogP contribution is 2.24. The summed E-state index contributed by atoms with van der Waals surface area (Å²) in [5, 5.41) is 10.6. The molecule has 0 fully saturated rings. The van der Waals surface area contributed by atoms with Crippen LogP contribution in [0.5, 0.6) is 5.75 Å². The van der Waals surface area contributed by atoms with Gasteiger partial charge in [0, 0.05) is 43.5 Å². The smallest absolute Gasteiger partial charge is 0.128 e. The van der Waals surface area contributed by atoms with Gasteiger partial charge in [0.05, 0.1) is 0 Å². The van der Waals surface area contributed by atoms with Crippen LogP contribution in [0.2, 0.25) is 0 Å². The molecule has 0 radical (unpaired) electrons. The summed E-state index contributed by atoms with van der Waals surface area (Å²) in [7, 11) is 6.25. The SMILES string of the molecule is CCN(CC)CCN(C)Cc1cc(C)cc(C=NCCCN(C)C)c1O. The van der Waals surface area contributed by atoms with Crippen molar-refractivity contribution in [1.82, 2.24) is 14.7 Å². The molecule has 5 nitrogen and oxygen atoms in total. The molecule has 0 aliphatic carbocycles. The van der Waals surface area contributed by atoms with E-state index in [1.54, 1.807) is 0 Å². The van der Waals surface area contributed by atoms with Gasteiger partial charge in [-0.2, -0.15) is 0 Å². The second kappa shape index (κ2) is 12.0. The van der Waals surface area contributed by atoms with E-state index in [0.717, 1.165) is 68.9 Å². The molecular formula is C21H38N4O. The lowest BCUT2D eigenvalue weighted by atomic mass is 10.0. The lowest BCUT2D eigenvalue weighted by Gasteiger charge is -2.23. The number of benzene rings is 1. The molecule has 0 amide bonds. The van der Waals surface area contributed by atoms with Crippen LogP contribution >= 0.6 is 0 Å². The number of likely N-dealkylation sites (N-methyl/N-ethyl adjacent to an activating group) is 2. The third-order valence-corrected chi connectivity index (χ3v) is 4.62. The Morgan fingerprint density at radius 1 is 1.04 bits per heavy atom. The first-order chi connectivity index (χ1) is 12.4. The highest BCUT2D eigenvalue weighted by atomic mass is 16.3. The van der Waals surface area contributed by atoms with Gasteiger partial charge < -0.3 is 19.8 Å². The summed E-state index contributed by atoms with van der Waals surface area (Å²) in [6.07, 6.45) is 2.84. The predicted octanol–water partition coefficient (Wildman–Crippen LogP) is 2.84. The maximum absolute atomic E-state index is 10.6. The van der Waals surface area contributed by atoms with Gasteiger partial charge in [-0.15, -0.1) is 0 Å². The molecule has 0 bridgehead atoms. The molecule has 1 N–H and O–H groups in total. The molecule has 0 spiro atoms. The summed E-state index contributed by atoms with van der Waals surface area (Å²) in [5.74, 6) is 0.363. The first kappa shape index (κ1) is 22.6. The maximum Gasteiger partial charge on any atom is 0.128 e. The van der Waals surface area contributed by atoms with Crippen LogP contribution < -0.4 is 0 Å². The van der Waals surface area contributed by atoms with Crippen LogP contribution in [-0.2, 0) is 6.54 Å². The number of rotatable bonds is 12. The average molecular weight is 363 g/mol. The van der Waals surface area contributed by atoms with Gasteiger partial charge in [-0.25, -0.2) is 0 Å². The number of aryl methyl sites for hydroxylation is 1. The Bertz CT molecular complexity index is 553. The molecule has 0 heterocycles. The van der Waals surface area contributed by atoms with E-state index in [-0.39, 0.29) is 0 Å². The normalized spacial score (nSPS) is 12.2. The van der Waals surface area contributed by atoms with Crippen LogP contribution in [0.1, 0.15) is 37.0 Å². The van der Waals surface area contributed by atoms with Gasteiger partial charge in [-0.05, 0) is 65.8 Å². The van der Waals surface area contributed by atoms with Crippen molar-refractivity contribution in [3.05, 3.63) is 28.8 Å². The summed E-state index contributed by atoms with van der Waals surface area (Å²) in [4.78, 5) is 11.3. The molecule has 1 aromatic rings. The van der Waals surface area contributed by atoms with Crippen LogP contribution in [0.3, 0.4) is 0 Å². The summed E-state index contributed by atoms with van der Waals surface area (Å²) in [5.41, 5.74) is 2.95. The van der Waals surface area contributed by atoms with Crippen LogP contribution in [0.4, 0.5) is 0 Å². The standard InChI is InChI=1S/C21H38N4O/c1-7-25(8-2)13-12-24(6)17-20-15-18(3)14-19(21(20)26)16-22-10-9-11-23(4)5/h14-16,26H,7-13,17H2,1-6H3. The minimum absolute atomic E-state index is 0.363. The number of hydrogen-bond donors (Lipinski definition) is 1. The molecule has 0 saturated carbocycles. The van der Waals surface area contributed by atoms with Gasteiger partial charge in [-0.1, -0.05) is 19.9 Å². The van der Waals surface area contributed by atoms with Crippen molar-refractivity contribution in [2.75, 3.05) is 60.4 Å². The van der Waals surface area contributed by atoms with E-state index in [1.807, 2.05) is 12.3 Å². The molecule has 0 aromatic heterocycles. The maximum atomic E-state index is 10.6. The molecule has 0 saturated heterocycles. The zero-order valence-corrected chi connectivity index (χ0v) is 17.6. The molecule has 148 valence electrons. The van der Waals surface area contributed by atoms with Gasteiger partial charge in [0.1, 0.15) is 5.75 Å². The lowest BCUT2D eigenvalue weighted by Crippen LogP contribution is -2.32. The second-order valence-electron chi connectivity index (χ2n) is 7.32. The zero-order chi connectivity index (χ0) is 19.5. The molecule has 5 heteroatoms. The van der Waals surface area contributed by atoms with Crippen LogP contribution in [0.25, 0.3) is 0 Å². The quantitative estimate of drug-likeness (QED) is 0.459. The van der Waals surface area contributed by atoms with E-state index in [0.29, 0.717) is 5.75 Å². The Labute approximate surface area is 160 Å². The number of phenolic OH excluding ortho intramolecular Hbond substituents is 1. The van der Waals surface area contributed by atoms with Crippen molar-refractivity contribution in [2.24, 2.45) is 4.99 Å². The van der Waals surface area contributed by atoms with Gasteiger partial charge in [0.15, 0.2) is 0 Å². The molecule has 1 rings (SSSR count). The summed E-state index contributed by atoms with van der Waals surface area (Å²) in [6, 6.07) is 4.08. The molecule has 0 atom stereocenters. The summed E-state index contributed by atoms with van der Waals surface area (Å²) < 4.78 is 0. The number of aliphatic imine (C=N–C) groups is 1. The third kappa shape index (κ3) is 8.30. The fraction of sp³-hybridized carbons (Fsp3) is 0.667. The average Bonchev–Trinajstić information content (AvgIpc) is 2.59. The summed E-state index contributed by atoms with van der Waals surface area (Å²) in [6.45, 7) is 13.2. The fourth-order valence-electron chi connectivity index (χ4n) is 2.97. The van der Waals surface area contributed by atoms with E-state index < -0.39 is 0 Å². The molecule has 26 heavy (non-hydrogen) atoms.